The van der Waals surface area contributed by atoms with Gasteiger partial charge in [-0.3, -0.25) is 24.5 Å². The lowest BCUT2D eigenvalue weighted by Gasteiger charge is -2.13. The minimum absolute atomic E-state index is 0.193. The second-order valence-electron chi connectivity index (χ2n) is 5.63. The standard InChI is InChI=1S/C18H17N3O6/c1-11(18(24)20-14-8-6-12(7-9-14)17(19)23)27-16(22)10-13-4-2-3-5-15(13)21(25)26/h2-9,11H,10H2,1H3,(H2,19,23)(H,20,24)/t11-/m1/s1. The van der Waals surface area contributed by atoms with Crippen molar-refractivity contribution >= 4 is 29.2 Å². The van der Waals surface area contributed by atoms with Crippen LogP contribution in [0.1, 0.15) is 22.8 Å². The van der Waals surface area contributed by atoms with E-state index in [4.69, 9.17) is 10.5 Å². The van der Waals surface area contributed by atoms with Crippen molar-refractivity contribution in [3.05, 3.63) is 69.8 Å². The maximum absolute atomic E-state index is 12.1. The summed E-state index contributed by atoms with van der Waals surface area (Å²) in [4.78, 5) is 45.5. The van der Waals surface area contributed by atoms with Gasteiger partial charge < -0.3 is 15.8 Å². The molecular weight excluding hydrogens is 354 g/mol. The van der Waals surface area contributed by atoms with E-state index >= 15 is 0 Å². The molecule has 0 aliphatic carbocycles. The van der Waals surface area contributed by atoms with Gasteiger partial charge in [-0.2, -0.15) is 0 Å². The zero-order chi connectivity index (χ0) is 20.0. The van der Waals surface area contributed by atoms with Gasteiger partial charge in [0.05, 0.1) is 11.3 Å². The summed E-state index contributed by atoms with van der Waals surface area (Å²) in [6.45, 7) is 1.38. The number of nitro benzene ring substituents is 1. The van der Waals surface area contributed by atoms with Crippen LogP contribution in [0.2, 0.25) is 0 Å². The van der Waals surface area contributed by atoms with Crippen LogP contribution >= 0.6 is 0 Å². The summed E-state index contributed by atoms with van der Waals surface area (Å²) in [7, 11) is 0. The third-order valence-corrected chi connectivity index (χ3v) is 3.64. The topological polar surface area (TPSA) is 142 Å². The van der Waals surface area contributed by atoms with Gasteiger partial charge in [0, 0.05) is 22.9 Å². The number of para-hydroxylation sites is 1. The average Bonchev–Trinajstić information content (AvgIpc) is 2.62. The summed E-state index contributed by atoms with van der Waals surface area (Å²) in [5.41, 5.74) is 5.82. The van der Waals surface area contributed by atoms with Crippen molar-refractivity contribution in [2.24, 2.45) is 5.73 Å². The van der Waals surface area contributed by atoms with Crippen LogP contribution in [0.25, 0.3) is 0 Å². The number of carbonyl (C=O) groups is 3. The molecule has 2 aromatic rings. The lowest BCUT2D eigenvalue weighted by molar-refractivity contribution is -0.385. The smallest absolute Gasteiger partial charge is 0.311 e. The van der Waals surface area contributed by atoms with Crippen LogP contribution in [0.3, 0.4) is 0 Å². The fourth-order valence-corrected chi connectivity index (χ4v) is 2.25. The second kappa shape index (κ2) is 8.56. The summed E-state index contributed by atoms with van der Waals surface area (Å²) in [5.74, 6) is -1.95. The number of carbonyl (C=O) groups excluding carboxylic acids is 3. The normalized spacial score (nSPS) is 11.3. The highest BCUT2D eigenvalue weighted by molar-refractivity contribution is 5.96. The van der Waals surface area contributed by atoms with E-state index < -0.39 is 28.8 Å². The van der Waals surface area contributed by atoms with Crippen LogP contribution in [0.4, 0.5) is 11.4 Å². The Labute approximate surface area is 154 Å². The van der Waals surface area contributed by atoms with Crippen LogP contribution in [-0.4, -0.2) is 28.8 Å². The Balaban J connectivity index is 1.94. The summed E-state index contributed by atoms with van der Waals surface area (Å²) >= 11 is 0. The number of anilines is 1. The number of ether oxygens (including phenoxy) is 1. The Morgan fingerprint density at radius 3 is 2.37 bits per heavy atom. The van der Waals surface area contributed by atoms with E-state index in [1.165, 1.54) is 49.4 Å². The van der Waals surface area contributed by atoms with Crippen molar-refractivity contribution in [1.29, 1.82) is 0 Å². The molecule has 0 saturated carbocycles. The number of amides is 2. The molecule has 0 heterocycles. The maximum atomic E-state index is 12.1. The van der Waals surface area contributed by atoms with Crippen molar-refractivity contribution in [1.82, 2.24) is 0 Å². The monoisotopic (exact) mass is 371 g/mol. The molecular formula is C18H17N3O6. The first-order valence-corrected chi connectivity index (χ1v) is 7.90. The first-order chi connectivity index (χ1) is 12.8. The molecule has 27 heavy (non-hydrogen) atoms. The highest BCUT2D eigenvalue weighted by Gasteiger charge is 2.21. The Bertz CT molecular complexity index is 879. The molecule has 0 aromatic heterocycles. The number of nitrogens with one attached hydrogen (secondary N) is 1. The van der Waals surface area contributed by atoms with Crippen LogP contribution in [0.15, 0.2) is 48.5 Å². The highest BCUT2D eigenvalue weighted by atomic mass is 16.6. The summed E-state index contributed by atoms with van der Waals surface area (Å²) in [5, 5.41) is 13.5. The average molecular weight is 371 g/mol. The Hall–Kier alpha value is -3.75. The van der Waals surface area contributed by atoms with Gasteiger partial charge in [-0.25, -0.2) is 0 Å². The number of hydrogen-bond acceptors (Lipinski definition) is 6. The number of esters is 1. The van der Waals surface area contributed by atoms with Crippen molar-refractivity contribution in [2.45, 2.75) is 19.4 Å². The number of nitrogens with zero attached hydrogens (tertiary/aromatic N) is 1. The largest absolute Gasteiger partial charge is 0.452 e. The number of benzene rings is 2. The number of primary amides is 1. The van der Waals surface area contributed by atoms with Crippen LogP contribution in [0.5, 0.6) is 0 Å². The molecule has 0 fully saturated rings. The number of rotatable bonds is 7. The Morgan fingerprint density at radius 1 is 1.15 bits per heavy atom. The van der Waals surface area contributed by atoms with Gasteiger partial charge in [-0.1, -0.05) is 18.2 Å². The predicted molar refractivity (Wildman–Crippen MR) is 95.9 cm³/mol. The van der Waals surface area contributed by atoms with Crippen molar-refractivity contribution in [2.75, 3.05) is 5.32 Å². The van der Waals surface area contributed by atoms with E-state index in [1.54, 1.807) is 6.07 Å². The number of nitro groups is 1. The van der Waals surface area contributed by atoms with E-state index in [9.17, 15) is 24.5 Å². The molecule has 0 aliphatic rings. The predicted octanol–water partition coefficient (Wildman–Crippen LogP) is 1.81. The molecule has 140 valence electrons. The molecule has 2 amide bonds. The molecule has 0 radical (unpaired) electrons. The van der Waals surface area contributed by atoms with E-state index in [0.29, 0.717) is 5.69 Å². The van der Waals surface area contributed by atoms with Gasteiger partial charge >= 0.3 is 5.97 Å². The number of hydrogen-bond donors (Lipinski definition) is 2. The molecule has 0 saturated heterocycles. The molecule has 0 bridgehead atoms. The van der Waals surface area contributed by atoms with Crippen LogP contribution < -0.4 is 11.1 Å². The van der Waals surface area contributed by atoms with Crippen molar-refractivity contribution in [3.63, 3.8) is 0 Å². The van der Waals surface area contributed by atoms with Gasteiger partial charge in [0.25, 0.3) is 11.6 Å². The molecule has 0 aliphatic heterocycles. The van der Waals surface area contributed by atoms with Gasteiger partial charge in [-0.15, -0.1) is 0 Å². The first-order valence-electron chi connectivity index (χ1n) is 7.90. The second-order valence-corrected chi connectivity index (χ2v) is 5.63. The number of nitrogens with two attached hydrogens (primary N) is 1. The first kappa shape index (κ1) is 19.6. The fourth-order valence-electron chi connectivity index (χ4n) is 2.25. The minimum atomic E-state index is -1.11. The molecule has 2 rings (SSSR count). The van der Waals surface area contributed by atoms with Crippen LogP contribution in [-0.2, 0) is 20.7 Å². The molecule has 0 spiro atoms. The van der Waals surface area contributed by atoms with Crippen molar-refractivity contribution in [3.8, 4) is 0 Å². The third-order valence-electron chi connectivity index (χ3n) is 3.64. The van der Waals surface area contributed by atoms with Gasteiger partial charge in [0.15, 0.2) is 6.10 Å². The molecule has 2 aromatic carbocycles. The van der Waals surface area contributed by atoms with Gasteiger partial charge in [-0.05, 0) is 31.2 Å². The van der Waals surface area contributed by atoms with Crippen LogP contribution in [0, 0.1) is 10.1 Å². The van der Waals surface area contributed by atoms with Crippen molar-refractivity contribution < 1.29 is 24.0 Å². The quantitative estimate of drug-likeness (QED) is 0.432. The lowest BCUT2D eigenvalue weighted by atomic mass is 10.1. The van der Waals surface area contributed by atoms with E-state index in [1.807, 2.05) is 0 Å². The molecule has 9 heteroatoms. The Morgan fingerprint density at radius 2 is 1.78 bits per heavy atom. The van der Waals surface area contributed by atoms with E-state index in [0.717, 1.165) is 0 Å². The highest BCUT2D eigenvalue weighted by Crippen LogP contribution is 2.19. The zero-order valence-corrected chi connectivity index (χ0v) is 14.4. The fraction of sp³-hybridized carbons (Fsp3) is 0.167. The zero-order valence-electron chi connectivity index (χ0n) is 14.4. The minimum Gasteiger partial charge on any atom is -0.452 e. The third kappa shape index (κ3) is 5.36. The van der Waals surface area contributed by atoms with Gasteiger partial charge in [0.2, 0.25) is 5.91 Å². The summed E-state index contributed by atoms with van der Waals surface area (Å²) < 4.78 is 5.04. The SMILES string of the molecule is C[C@@H](OC(=O)Cc1ccccc1[N+](=O)[O-])C(=O)Nc1ccc(C(N)=O)cc1. The Kier molecular flexibility index (Phi) is 6.21. The van der Waals surface area contributed by atoms with E-state index in [-0.39, 0.29) is 23.2 Å². The molecule has 3 N–H and O–H groups in total. The van der Waals surface area contributed by atoms with E-state index in [2.05, 4.69) is 5.32 Å². The van der Waals surface area contributed by atoms with Gasteiger partial charge in [0.1, 0.15) is 0 Å². The summed E-state index contributed by atoms with van der Waals surface area (Å²) in [6, 6.07) is 11.7. The summed E-state index contributed by atoms with van der Waals surface area (Å²) in [6.07, 6.45) is -1.45. The lowest BCUT2D eigenvalue weighted by Crippen LogP contribution is -2.30. The molecule has 0 unspecified atom stereocenters. The maximum Gasteiger partial charge on any atom is 0.311 e. The molecule has 9 nitrogen and oxygen atoms in total. The molecule has 1 atom stereocenters.